The Morgan fingerprint density at radius 3 is 2.24 bits per heavy atom. The van der Waals surface area contributed by atoms with Crippen molar-refractivity contribution in [3.05, 3.63) is 49.9 Å². The lowest BCUT2D eigenvalue weighted by Gasteiger charge is -2.43. The largest absolute Gasteiger partial charge is 0.480 e. The second-order valence-corrected chi connectivity index (χ2v) is 14.6. The predicted octanol–water partition coefficient (Wildman–Crippen LogP) is 4.32. The fraction of sp³-hybridized carbons (Fsp3) is 0.571. The number of carbonyl (C=O) groups is 3. The minimum absolute atomic E-state index is 0.0130. The van der Waals surface area contributed by atoms with Crippen LogP contribution >= 0.6 is 23.1 Å². The fourth-order valence-electron chi connectivity index (χ4n) is 7.57. The van der Waals surface area contributed by atoms with Gasteiger partial charge in [-0.05, 0) is 46.6 Å². The molecule has 37 heavy (non-hydrogen) atoms. The van der Waals surface area contributed by atoms with Gasteiger partial charge >= 0.3 is 10.8 Å². The lowest BCUT2D eigenvalue weighted by Crippen LogP contribution is -2.49. The summed E-state index contributed by atoms with van der Waals surface area (Å²) in [5.41, 5.74) is 2.38. The molecule has 1 saturated heterocycles. The molecule has 3 heterocycles. The maximum Gasteiger partial charge on any atom is 0.327 e. The Bertz CT molecular complexity index is 1350. The van der Waals surface area contributed by atoms with E-state index in [0.717, 1.165) is 26.8 Å². The minimum atomic E-state index is -1.14. The third-order valence-corrected chi connectivity index (χ3v) is 11.6. The van der Waals surface area contributed by atoms with Gasteiger partial charge in [0.1, 0.15) is 6.04 Å². The Morgan fingerprint density at radius 1 is 1.05 bits per heavy atom. The van der Waals surface area contributed by atoms with Gasteiger partial charge in [0.15, 0.2) is 0 Å². The Labute approximate surface area is 224 Å². The van der Waals surface area contributed by atoms with Crippen molar-refractivity contribution in [2.75, 3.05) is 0 Å². The molecule has 2 N–H and O–H groups in total. The Hall–Kier alpha value is -2.39. The summed E-state index contributed by atoms with van der Waals surface area (Å²) in [5, 5.41) is 10.8. The van der Waals surface area contributed by atoms with E-state index in [9.17, 15) is 24.3 Å². The smallest absolute Gasteiger partial charge is 0.327 e. The molecule has 0 radical (unpaired) electrons. The van der Waals surface area contributed by atoms with Crippen LogP contribution in [0.3, 0.4) is 0 Å². The molecule has 2 aromatic rings. The molecule has 3 fully saturated rings. The van der Waals surface area contributed by atoms with Crippen LogP contribution in [-0.4, -0.2) is 44.1 Å². The van der Waals surface area contributed by atoms with Crippen LogP contribution in [0.2, 0.25) is 0 Å². The quantitative estimate of drug-likeness (QED) is 0.560. The molecular weight excluding hydrogens is 508 g/mol. The number of carbonyl (C=O) groups excluding carboxylic acids is 2. The number of nitrogens with one attached hydrogen (secondary N) is 1. The zero-order valence-corrected chi connectivity index (χ0v) is 23.2. The van der Waals surface area contributed by atoms with Crippen molar-refractivity contribution in [1.29, 1.82) is 0 Å². The molecule has 2 saturated carbocycles. The van der Waals surface area contributed by atoms with Gasteiger partial charge in [-0.1, -0.05) is 70.2 Å². The first kappa shape index (κ1) is 24.9. The van der Waals surface area contributed by atoms with Gasteiger partial charge in [0.05, 0.1) is 16.9 Å². The molecular formula is C28H32N2O5S2. The van der Waals surface area contributed by atoms with Gasteiger partial charge in [-0.3, -0.25) is 19.3 Å². The standard InChI is InChI=1S/C28H32N2O5S2/c1-11(2)20(26(33)34)30-24(31)18-14-10-15(19(18)25(30)32)21-17(14)16(22-23(36-21)29-27(35)37-22)12-6-8-13(9-7-12)28(3,4)5/h6-9,11,14-21H,10H2,1-5H3,(H,29,35)(H,33,34)/t14-,15-,16-,17-,18+,19-,20-,21-/m1/s1. The molecule has 8 atom stereocenters. The van der Waals surface area contributed by atoms with Crippen LogP contribution < -0.4 is 4.87 Å². The number of carboxylic acids is 1. The Balaban J connectivity index is 1.42. The van der Waals surface area contributed by atoms with Crippen LogP contribution in [0.25, 0.3) is 0 Å². The number of aromatic amines is 1. The molecule has 7 nitrogen and oxygen atoms in total. The van der Waals surface area contributed by atoms with Gasteiger partial charge in [-0.2, -0.15) is 0 Å². The van der Waals surface area contributed by atoms with E-state index in [1.165, 1.54) is 16.9 Å². The molecule has 1 aromatic carbocycles. The third-order valence-electron chi connectivity index (χ3n) is 9.06. The lowest BCUT2D eigenvalue weighted by atomic mass is 9.68. The summed E-state index contributed by atoms with van der Waals surface area (Å²) in [7, 11) is 0. The molecule has 0 unspecified atom stereocenters. The Kier molecular flexibility index (Phi) is 5.59. The molecule has 4 aliphatic rings. The van der Waals surface area contributed by atoms with Crippen LogP contribution in [0.5, 0.6) is 0 Å². The number of aliphatic carboxylic acids is 1. The number of imide groups is 1. The van der Waals surface area contributed by atoms with Crippen molar-refractivity contribution in [1.82, 2.24) is 9.88 Å². The topological polar surface area (TPSA) is 108 Å². The number of fused-ring (bicyclic) bond motifs is 9. The monoisotopic (exact) mass is 540 g/mol. The normalized spacial score (nSPS) is 33.0. The summed E-state index contributed by atoms with van der Waals surface area (Å²) in [6, 6.07) is 7.48. The number of hydrogen-bond acceptors (Lipinski definition) is 6. The predicted molar refractivity (Wildman–Crippen MR) is 142 cm³/mol. The highest BCUT2D eigenvalue weighted by molar-refractivity contribution is 8.00. The van der Waals surface area contributed by atoms with E-state index in [1.54, 1.807) is 25.6 Å². The Morgan fingerprint density at radius 2 is 1.68 bits per heavy atom. The van der Waals surface area contributed by atoms with Gasteiger partial charge in [-0.15, -0.1) is 11.8 Å². The first-order chi connectivity index (χ1) is 17.4. The number of nitrogens with zero attached hydrogens (tertiary/aromatic N) is 1. The van der Waals surface area contributed by atoms with Gasteiger partial charge in [0, 0.05) is 16.0 Å². The minimum Gasteiger partial charge on any atom is -0.480 e. The average molecular weight is 541 g/mol. The molecule has 196 valence electrons. The SMILES string of the molecule is CC(C)[C@H](C(=O)O)N1C(=O)[C@@H]2[C@H]3C[C@@H]([C@@H]2C1=O)[C@@H]1[C@@H](c2ccc(C(C)(C)C)cc2)c2sc(=O)[nH]c2S[C@H]31. The van der Waals surface area contributed by atoms with Crippen LogP contribution in [0.4, 0.5) is 0 Å². The first-order valence-corrected chi connectivity index (χ1v) is 14.7. The average Bonchev–Trinajstić information content (AvgIpc) is 3.53. The summed E-state index contributed by atoms with van der Waals surface area (Å²) in [6.07, 6.45) is 0.790. The number of H-pyrrole nitrogens is 1. The van der Waals surface area contributed by atoms with E-state index in [-0.39, 0.29) is 56.9 Å². The molecule has 1 aromatic heterocycles. The first-order valence-electron chi connectivity index (χ1n) is 13.0. The fourth-order valence-corrected chi connectivity index (χ4v) is 10.5. The maximum absolute atomic E-state index is 13.7. The zero-order chi connectivity index (χ0) is 26.5. The maximum atomic E-state index is 13.7. The van der Waals surface area contributed by atoms with Crippen molar-refractivity contribution in [2.24, 2.45) is 35.5 Å². The number of amides is 2. The van der Waals surface area contributed by atoms with Gasteiger partial charge in [0.25, 0.3) is 0 Å². The van der Waals surface area contributed by atoms with Crippen LogP contribution in [0.1, 0.15) is 63.0 Å². The van der Waals surface area contributed by atoms with Crippen LogP contribution in [0.15, 0.2) is 34.1 Å². The van der Waals surface area contributed by atoms with Gasteiger partial charge < -0.3 is 10.1 Å². The summed E-state index contributed by atoms with van der Waals surface area (Å²) in [6.45, 7) is 10.0. The number of rotatable bonds is 4. The van der Waals surface area contributed by atoms with Crippen molar-refractivity contribution in [2.45, 2.75) is 68.7 Å². The summed E-state index contributed by atoms with van der Waals surface area (Å²) >= 11 is 2.90. The highest BCUT2D eigenvalue weighted by atomic mass is 32.2. The number of thiazole rings is 1. The van der Waals surface area contributed by atoms with E-state index in [4.69, 9.17) is 0 Å². The van der Waals surface area contributed by atoms with Crippen molar-refractivity contribution in [3.8, 4) is 0 Å². The van der Waals surface area contributed by atoms with Crippen molar-refractivity contribution < 1.29 is 19.5 Å². The molecule has 9 heteroatoms. The van der Waals surface area contributed by atoms with E-state index >= 15 is 0 Å². The molecule has 2 aliphatic carbocycles. The third kappa shape index (κ3) is 3.52. The zero-order valence-electron chi connectivity index (χ0n) is 21.6. The molecule has 2 bridgehead atoms. The van der Waals surface area contributed by atoms with Crippen molar-refractivity contribution >= 4 is 40.9 Å². The molecule has 2 aliphatic heterocycles. The van der Waals surface area contributed by atoms with E-state index in [1.807, 2.05) is 0 Å². The van der Waals surface area contributed by atoms with E-state index in [0.29, 0.717) is 0 Å². The summed E-state index contributed by atoms with van der Waals surface area (Å²) < 4.78 is 0. The number of hydrogen-bond donors (Lipinski definition) is 2. The lowest BCUT2D eigenvalue weighted by molar-refractivity contribution is -0.157. The highest BCUT2D eigenvalue weighted by Gasteiger charge is 2.70. The number of thioether (sulfide) groups is 1. The van der Waals surface area contributed by atoms with Crippen LogP contribution in [-0.2, 0) is 19.8 Å². The number of aromatic nitrogens is 1. The van der Waals surface area contributed by atoms with Crippen molar-refractivity contribution in [3.63, 3.8) is 0 Å². The summed E-state index contributed by atoms with van der Waals surface area (Å²) in [5.74, 6) is -3.05. The molecule has 2 amide bonds. The summed E-state index contributed by atoms with van der Waals surface area (Å²) in [4.78, 5) is 56.9. The second-order valence-electron chi connectivity index (χ2n) is 12.4. The number of carboxylic acid groups (broad SMARTS) is 1. The number of benzene rings is 1. The van der Waals surface area contributed by atoms with E-state index in [2.05, 4.69) is 50.0 Å². The van der Waals surface area contributed by atoms with E-state index < -0.39 is 23.8 Å². The van der Waals surface area contributed by atoms with Gasteiger partial charge in [0.2, 0.25) is 11.8 Å². The number of likely N-dealkylation sites (tertiary alicyclic amines) is 1. The molecule has 0 spiro atoms. The second kappa shape index (κ2) is 8.30. The highest BCUT2D eigenvalue weighted by Crippen LogP contribution is 2.68. The van der Waals surface area contributed by atoms with Crippen LogP contribution in [0, 0.1) is 35.5 Å². The van der Waals surface area contributed by atoms with Gasteiger partial charge in [-0.25, -0.2) is 4.79 Å². The molecule has 6 rings (SSSR count).